The molecule has 5 nitrogen and oxygen atoms in total. The van der Waals surface area contributed by atoms with E-state index in [1.54, 1.807) is 11.7 Å². The highest BCUT2D eigenvalue weighted by Gasteiger charge is 2.32. The van der Waals surface area contributed by atoms with Crippen molar-refractivity contribution >= 4 is 17.2 Å². The Morgan fingerprint density at radius 1 is 1.56 bits per heavy atom. The molecular formula is C12H14N4OS. The number of aromatic nitrogens is 3. The Balaban J connectivity index is 1.88. The third-order valence-electron chi connectivity index (χ3n) is 3.36. The fourth-order valence-corrected chi connectivity index (χ4v) is 3.04. The normalized spacial score (nSPS) is 19.4. The van der Waals surface area contributed by atoms with Crippen molar-refractivity contribution in [2.24, 2.45) is 0 Å². The smallest absolute Gasteiger partial charge is 0.266 e. The van der Waals surface area contributed by atoms with Gasteiger partial charge in [-0.1, -0.05) is 0 Å². The van der Waals surface area contributed by atoms with Gasteiger partial charge in [-0.05, 0) is 25.3 Å². The molecule has 3 heterocycles. The minimum absolute atomic E-state index is 0.0778. The number of likely N-dealkylation sites (tertiary alicyclic amines) is 1. The predicted octanol–water partition coefficient (Wildman–Crippen LogP) is 2.15. The summed E-state index contributed by atoms with van der Waals surface area (Å²) in [6.45, 7) is 2.83. The summed E-state index contributed by atoms with van der Waals surface area (Å²) in [5, 5.41) is 7.07. The second kappa shape index (κ2) is 4.53. The van der Waals surface area contributed by atoms with Gasteiger partial charge >= 0.3 is 0 Å². The van der Waals surface area contributed by atoms with Gasteiger partial charge in [0.05, 0.1) is 29.6 Å². The van der Waals surface area contributed by atoms with Gasteiger partial charge in [-0.25, -0.2) is 0 Å². The third kappa shape index (κ3) is 1.82. The Morgan fingerprint density at radius 3 is 3.11 bits per heavy atom. The monoisotopic (exact) mass is 262 g/mol. The first-order valence-corrected chi connectivity index (χ1v) is 6.84. The maximum Gasteiger partial charge on any atom is 0.266 e. The number of rotatable bonds is 2. The quantitative estimate of drug-likeness (QED) is 0.902. The van der Waals surface area contributed by atoms with E-state index >= 15 is 0 Å². The van der Waals surface area contributed by atoms with E-state index < -0.39 is 0 Å². The maximum atomic E-state index is 12.4. The Morgan fingerprint density at radius 2 is 2.44 bits per heavy atom. The molecule has 0 unspecified atom stereocenters. The van der Waals surface area contributed by atoms with Gasteiger partial charge in [-0.15, -0.1) is 11.3 Å². The molecule has 2 aromatic rings. The Hall–Kier alpha value is -1.69. The van der Waals surface area contributed by atoms with E-state index in [2.05, 4.69) is 15.2 Å². The lowest BCUT2D eigenvalue weighted by atomic mass is 10.1. The van der Waals surface area contributed by atoms with Crippen LogP contribution >= 0.6 is 11.3 Å². The molecule has 3 rings (SSSR count). The van der Waals surface area contributed by atoms with E-state index in [0.717, 1.165) is 30.6 Å². The summed E-state index contributed by atoms with van der Waals surface area (Å²) in [6, 6.07) is 0.127. The number of nitrogens with one attached hydrogen (secondary N) is 1. The molecule has 1 saturated heterocycles. The molecule has 0 aliphatic carbocycles. The van der Waals surface area contributed by atoms with E-state index in [1.807, 2.05) is 18.0 Å². The molecule has 0 aromatic carbocycles. The SMILES string of the molecule is Cc1cn[nH]c1[C@H]1CCCN1C(=O)c1cncs1. The molecule has 0 saturated carbocycles. The van der Waals surface area contributed by atoms with Crippen LogP contribution in [0.2, 0.25) is 0 Å². The van der Waals surface area contributed by atoms with Crippen LogP contribution in [0.15, 0.2) is 17.9 Å². The first kappa shape index (κ1) is 11.4. The first-order chi connectivity index (χ1) is 8.77. The number of carbonyl (C=O) groups excluding carboxylic acids is 1. The molecule has 0 radical (unpaired) electrons. The summed E-state index contributed by atoms with van der Waals surface area (Å²) >= 11 is 1.39. The minimum Gasteiger partial charge on any atom is -0.329 e. The molecule has 1 atom stereocenters. The van der Waals surface area contributed by atoms with Crippen molar-refractivity contribution in [2.75, 3.05) is 6.54 Å². The number of aryl methyl sites for hydroxylation is 1. The fourth-order valence-electron chi connectivity index (χ4n) is 2.47. The number of hydrogen-bond donors (Lipinski definition) is 1. The van der Waals surface area contributed by atoms with Crippen molar-refractivity contribution in [3.63, 3.8) is 0 Å². The second-order valence-corrected chi connectivity index (χ2v) is 5.38. The Kier molecular flexibility index (Phi) is 2.87. The zero-order chi connectivity index (χ0) is 12.5. The van der Waals surface area contributed by atoms with Crippen LogP contribution in [0.5, 0.6) is 0 Å². The summed E-state index contributed by atoms with van der Waals surface area (Å²) in [6.07, 6.45) is 5.48. The van der Waals surface area contributed by atoms with Gasteiger partial charge < -0.3 is 4.90 Å². The zero-order valence-electron chi connectivity index (χ0n) is 10.1. The molecule has 1 N–H and O–H groups in total. The standard InChI is InChI=1S/C12H14N4OS/c1-8-5-14-15-11(8)9-3-2-4-16(9)12(17)10-6-13-7-18-10/h5-7,9H,2-4H2,1H3,(H,14,15)/t9-/m1/s1. The number of aromatic amines is 1. The molecule has 94 valence electrons. The highest BCUT2D eigenvalue weighted by atomic mass is 32.1. The first-order valence-electron chi connectivity index (χ1n) is 5.96. The summed E-state index contributed by atoms with van der Waals surface area (Å²) in [5.74, 6) is 0.0778. The minimum atomic E-state index is 0.0778. The predicted molar refractivity (Wildman–Crippen MR) is 68.5 cm³/mol. The van der Waals surface area contributed by atoms with Gasteiger partial charge in [0, 0.05) is 6.54 Å². The highest BCUT2D eigenvalue weighted by Crippen LogP contribution is 2.33. The van der Waals surface area contributed by atoms with Crippen molar-refractivity contribution in [3.8, 4) is 0 Å². The molecule has 6 heteroatoms. The average molecular weight is 262 g/mol. The number of nitrogens with zero attached hydrogens (tertiary/aromatic N) is 3. The van der Waals surface area contributed by atoms with Crippen LogP contribution in [-0.2, 0) is 0 Å². The average Bonchev–Trinajstić information content (AvgIpc) is 3.09. The van der Waals surface area contributed by atoms with Crippen LogP contribution in [0, 0.1) is 6.92 Å². The molecule has 2 aromatic heterocycles. The van der Waals surface area contributed by atoms with Crippen molar-refractivity contribution in [1.29, 1.82) is 0 Å². The lowest BCUT2D eigenvalue weighted by molar-refractivity contribution is 0.0737. The summed E-state index contributed by atoms with van der Waals surface area (Å²) in [4.78, 5) is 19.0. The van der Waals surface area contributed by atoms with Crippen LogP contribution in [0.25, 0.3) is 0 Å². The van der Waals surface area contributed by atoms with E-state index in [4.69, 9.17) is 0 Å². The van der Waals surface area contributed by atoms with E-state index in [1.165, 1.54) is 11.3 Å². The van der Waals surface area contributed by atoms with Gasteiger partial charge in [-0.3, -0.25) is 14.9 Å². The molecule has 1 aliphatic heterocycles. The van der Waals surface area contributed by atoms with E-state index in [-0.39, 0.29) is 11.9 Å². The second-order valence-electron chi connectivity index (χ2n) is 4.49. The van der Waals surface area contributed by atoms with Gasteiger partial charge in [0.2, 0.25) is 0 Å². The largest absolute Gasteiger partial charge is 0.329 e. The van der Waals surface area contributed by atoms with E-state index in [0.29, 0.717) is 4.88 Å². The summed E-state index contributed by atoms with van der Waals surface area (Å²) in [5.41, 5.74) is 3.87. The number of H-pyrrole nitrogens is 1. The lowest BCUT2D eigenvalue weighted by Gasteiger charge is -2.23. The van der Waals surface area contributed by atoms with Crippen molar-refractivity contribution in [2.45, 2.75) is 25.8 Å². The number of hydrogen-bond acceptors (Lipinski definition) is 4. The van der Waals surface area contributed by atoms with Crippen molar-refractivity contribution in [3.05, 3.63) is 34.0 Å². The Labute approximate surface area is 109 Å². The van der Waals surface area contributed by atoms with Crippen molar-refractivity contribution < 1.29 is 4.79 Å². The van der Waals surface area contributed by atoms with Crippen LogP contribution in [0.4, 0.5) is 0 Å². The number of carbonyl (C=O) groups is 1. The molecule has 0 spiro atoms. The fraction of sp³-hybridized carbons (Fsp3) is 0.417. The van der Waals surface area contributed by atoms with Crippen molar-refractivity contribution in [1.82, 2.24) is 20.1 Å². The highest BCUT2D eigenvalue weighted by molar-refractivity contribution is 7.11. The molecule has 1 fully saturated rings. The zero-order valence-corrected chi connectivity index (χ0v) is 10.9. The van der Waals surface area contributed by atoms with Gasteiger partial charge in [0.15, 0.2) is 0 Å². The van der Waals surface area contributed by atoms with E-state index in [9.17, 15) is 4.79 Å². The van der Waals surface area contributed by atoms with Gasteiger partial charge in [0.25, 0.3) is 5.91 Å². The third-order valence-corrected chi connectivity index (χ3v) is 4.12. The van der Waals surface area contributed by atoms with Crippen LogP contribution < -0.4 is 0 Å². The van der Waals surface area contributed by atoms with Gasteiger partial charge in [0.1, 0.15) is 4.88 Å². The molecule has 0 bridgehead atoms. The summed E-state index contributed by atoms with van der Waals surface area (Å²) < 4.78 is 0. The van der Waals surface area contributed by atoms with Crippen LogP contribution in [0.1, 0.15) is 39.8 Å². The molecule has 1 aliphatic rings. The topological polar surface area (TPSA) is 61.9 Å². The molecular weight excluding hydrogens is 248 g/mol. The van der Waals surface area contributed by atoms with Crippen LogP contribution in [0.3, 0.4) is 0 Å². The Bertz CT molecular complexity index is 548. The number of amides is 1. The number of thiazole rings is 1. The summed E-state index contributed by atoms with van der Waals surface area (Å²) in [7, 11) is 0. The van der Waals surface area contributed by atoms with Gasteiger partial charge in [-0.2, -0.15) is 5.10 Å². The molecule has 18 heavy (non-hydrogen) atoms. The lowest BCUT2D eigenvalue weighted by Crippen LogP contribution is -2.30. The van der Waals surface area contributed by atoms with Crippen LogP contribution in [-0.4, -0.2) is 32.5 Å². The maximum absolute atomic E-state index is 12.4. The molecule has 1 amide bonds.